The lowest BCUT2D eigenvalue weighted by Gasteiger charge is -2.12. The Morgan fingerprint density at radius 2 is 1.77 bits per heavy atom. The number of hydrogen-bond acceptors (Lipinski definition) is 4. The number of nitrogens with one attached hydrogen (secondary N) is 1. The fourth-order valence-electron chi connectivity index (χ4n) is 2.59. The van der Waals surface area contributed by atoms with Gasteiger partial charge in [0, 0.05) is 23.3 Å². The minimum absolute atomic E-state index is 0.181. The number of aromatic nitrogens is 2. The van der Waals surface area contributed by atoms with Gasteiger partial charge in [0.15, 0.2) is 9.86 Å². The van der Waals surface area contributed by atoms with E-state index in [4.69, 9.17) is 0 Å². The Morgan fingerprint density at radius 1 is 1.04 bits per heavy atom. The Balaban J connectivity index is 1.79. The van der Waals surface area contributed by atoms with Crippen LogP contribution in [0.5, 0.6) is 0 Å². The van der Waals surface area contributed by atoms with Gasteiger partial charge in [-0.15, -0.1) is 11.3 Å². The molecule has 5 nitrogen and oxygen atoms in total. The van der Waals surface area contributed by atoms with Crippen molar-refractivity contribution in [3.05, 3.63) is 71.9 Å². The minimum Gasteiger partial charge on any atom is -0.297 e. The molecule has 0 aliphatic heterocycles. The summed E-state index contributed by atoms with van der Waals surface area (Å²) in [5.74, 6) is -2.31. The largest absolute Gasteiger partial charge is 0.297 e. The maximum Gasteiger partial charge on any atom is 0.267 e. The zero-order chi connectivity index (χ0) is 18.3. The smallest absolute Gasteiger partial charge is 0.267 e. The predicted octanol–water partition coefficient (Wildman–Crippen LogP) is 4.14. The standard InChI is InChI=1S/C17H11F2N3O2S2/c18-12-5-3-6-13(19)16(12)26(23,24)21-14-7-2-1-4-11(14)15-10-22-8-9-25-17(22)20-15/h1-10,21H. The SMILES string of the molecule is O=S(=O)(Nc1ccccc1-c1cn2ccsc2n1)c1c(F)cccc1F. The Bertz CT molecular complexity index is 1170. The molecule has 9 heteroatoms. The van der Waals surface area contributed by atoms with Crippen molar-refractivity contribution in [1.29, 1.82) is 0 Å². The summed E-state index contributed by atoms with van der Waals surface area (Å²) in [6.45, 7) is 0. The predicted molar refractivity (Wildman–Crippen MR) is 95.7 cm³/mol. The van der Waals surface area contributed by atoms with Gasteiger partial charge in [0.1, 0.15) is 11.6 Å². The Hall–Kier alpha value is -2.78. The maximum absolute atomic E-state index is 13.9. The van der Waals surface area contributed by atoms with Crippen molar-refractivity contribution < 1.29 is 17.2 Å². The van der Waals surface area contributed by atoms with E-state index >= 15 is 0 Å². The first-order valence-corrected chi connectivity index (χ1v) is 9.80. The van der Waals surface area contributed by atoms with Gasteiger partial charge in [-0.05, 0) is 18.2 Å². The average Bonchev–Trinajstić information content (AvgIpc) is 3.16. The van der Waals surface area contributed by atoms with E-state index in [2.05, 4.69) is 9.71 Å². The minimum atomic E-state index is -4.45. The van der Waals surface area contributed by atoms with Gasteiger partial charge in [0.05, 0.1) is 11.4 Å². The number of anilines is 1. The van der Waals surface area contributed by atoms with Crippen LogP contribution >= 0.6 is 11.3 Å². The van der Waals surface area contributed by atoms with Gasteiger partial charge in [-0.25, -0.2) is 22.2 Å². The van der Waals surface area contributed by atoms with Crippen LogP contribution in [-0.4, -0.2) is 17.8 Å². The molecule has 4 aromatic rings. The first kappa shape index (κ1) is 16.7. The normalized spacial score (nSPS) is 11.8. The van der Waals surface area contributed by atoms with Crippen molar-refractivity contribution in [2.75, 3.05) is 4.72 Å². The van der Waals surface area contributed by atoms with Crippen LogP contribution in [0.3, 0.4) is 0 Å². The molecule has 1 N–H and O–H groups in total. The number of rotatable bonds is 4. The molecule has 0 atom stereocenters. The van der Waals surface area contributed by atoms with Gasteiger partial charge in [-0.2, -0.15) is 0 Å². The quantitative estimate of drug-likeness (QED) is 0.569. The first-order chi connectivity index (χ1) is 12.5. The fraction of sp³-hybridized carbons (Fsp3) is 0. The van der Waals surface area contributed by atoms with Crippen molar-refractivity contribution in [3.63, 3.8) is 0 Å². The molecule has 0 fully saturated rings. The lowest BCUT2D eigenvalue weighted by Crippen LogP contribution is -2.17. The third kappa shape index (κ3) is 2.85. The van der Waals surface area contributed by atoms with Crippen molar-refractivity contribution in [1.82, 2.24) is 9.38 Å². The maximum atomic E-state index is 13.9. The molecule has 0 spiro atoms. The average molecular weight is 391 g/mol. The third-order valence-electron chi connectivity index (χ3n) is 3.73. The molecule has 0 aliphatic rings. The van der Waals surface area contributed by atoms with E-state index in [1.54, 1.807) is 24.4 Å². The second-order valence-electron chi connectivity index (χ2n) is 5.42. The number of thiazole rings is 1. The molecule has 4 rings (SSSR count). The highest BCUT2D eigenvalue weighted by molar-refractivity contribution is 7.92. The number of fused-ring (bicyclic) bond motifs is 1. The van der Waals surface area contributed by atoms with Gasteiger partial charge >= 0.3 is 0 Å². The molecule has 0 saturated heterocycles. The van der Waals surface area contributed by atoms with Gasteiger partial charge in [-0.1, -0.05) is 24.3 Å². The molecular formula is C17H11F2N3O2S2. The van der Waals surface area contributed by atoms with Crippen LogP contribution in [0.4, 0.5) is 14.5 Å². The van der Waals surface area contributed by atoms with Crippen molar-refractivity contribution in [2.24, 2.45) is 0 Å². The lowest BCUT2D eigenvalue weighted by molar-refractivity contribution is 0.521. The topological polar surface area (TPSA) is 63.5 Å². The summed E-state index contributed by atoms with van der Waals surface area (Å²) in [6, 6.07) is 9.44. The van der Waals surface area contributed by atoms with E-state index in [0.717, 1.165) is 23.2 Å². The van der Waals surface area contributed by atoms with Gasteiger partial charge < -0.3 is 0 Å². The van der Waals surface area contributed by atoms with E-state index in [9.17, 15) is 17.2 Å². The first-order valence-electron chi connectivity index (χ1n) is 7.44. The van der Waals surface area contributed by atoms with Gasteiger partial charge in [0.2, 0.25) is 0 Å². The Labute approximate surface area is 151 Å². The van der Waals surface area contributed by atoms with Crippen LogP contribution in [0, 0.1) is 11.6 Å². The van der Waals surface area contributed by atoms with Crippen LogP contribution in [-0.2, 0) is 10.0 Å². The summed E-state index contributed by atoms with van der Waals surface area (Å²) >= 11 is 1.44. The van der Waals surface area contributed by atoms with Crippen molar-refractivity contribution in [2.45, 2.75) is 4.90 Å². The lowest BCUT2D eigenvalue weighted by atomic mass is 10.1. The van der Waals surface area contributed by atoms with E-state index in [0.29, 0.717) is 11.3 Å². The molecule has 0 unspecified atom stereocenters. The summed E-state index contributed by atoms with van der Waals surface area (Å²) < 4.78 is 56.9. The zero-order valence-electron chi connectivity index (χ0n) is 13.1. The number of hydrogen-bond donors (Lipinski definition) is 1. The van der Waals surface area contributed by atoms with E-state index in [1.807, 2.05) is 16.0 Å². The number of nitrogens with zero attached hydrogens (tertiary/aromatic N) is 2. The molecule has 0 bridgehead atoms. The summed E-state index contributed by atoms with van der Waals surface area (Å²) in [5.41, 5.74) is 1.23. The van der Waals surface area contributed by atoms with Crippen LogP contribution in [0.1, 0.15) is 0 Å². The molecule has 2 aromatic carbocycles. The highest BCUT2D eigenvalue weighted by Crippen LogP contribution is 2.31. The number of sulfonamides is 1. The fourth-order valence-corrected chi connectivity index (χ4v) is 4.51. The Morgan fingerprint density at radius 3 is 2.50 bits per heavy atom. The molecule has 132 valence electrons. The zero-order valence-corrected chi connectivity index (χ0v) is 14.7. The highest BCUT2D eigenvalue weighted by Gasteiger charge is 2.25. The van der Waals surface area contributed by atoms with Crippen molar-refractivity contribution >= 4 is 32.0 Å². The van der Waals surface area contributed by atoms with Crippen LogP contribution < -0.4 is 4.72 Å². The molecule has 2 aromatic heterocycles. The van der Waals surface area contributed by atoms with Gasteiger partial charge in [-0.3, -0.25) is 9.12 Å². The van der Waals surface area contributed by atoms with Crippen LogP contribution in [0.2, 0.25) is 0 Å². The number of benzene rings is 2. The number of halogens is 2. The third-order valence-corrected chi connectivity index (χ3v) is 5.92. The van der Waals surface area contributed by atoms with Crippen LogP contribution in [0.25, 0.3) is 16.2 Å². The molecular weight excluding hydrogens is 380 g/mol. The van der Waals surface area contributed by atoms with E-state index in [-0.39, 0.29) is 5.69 Å². The summed E-state index contributed by atoms with van der Waals surface area (Å²) in [7, 11) is -4.45. The molecule has 2 heterocycles. The van der Waals surface area contributed by atoms with Crippen LogP contribution in [0.15, 0.2) is 65.1 Å². The molecule has 0 radical (unpaired) electrons. The number of imidazole rings is 1. The van der Waals surface area contributed by atoms with E-state index < -0.39 is 26.6 Å². The summed E-state index contributed by atoms with van der Waals surface area (Å²) in [6.07, 6.45) is 3.58. The van der Waals surface area contributed by atoms with Gasteiger partial charge in [0.25, 0.3) is 10.0 Å². The molecule has 26 heavy (non-hydrogen) atoms. The summed E-state index contributed by atoms with van der Waals surface area (Å²) in [4.78, 5) is 4.17. The molecule has 0 aliphatic carbocycles. The molecule has 0 saturated carbocycles. The second-order valence-corrected chi connectivity index (χ2v) is 7.91. The number of para-hydroxylation sites is 1. The summed E-state index contributed by atoms with van der Waals surface area (Å²) in [5, 5.41) is 1.88. The monoisotopic (exact) mass is 391 g/mol. The van der Waals surface area contributed by atoms with Crippen molar-refractivity contribution in [3.8, 4) is 11.3 Å². The van der Waals surface area contributed by atoms with E-state index in [1.165, 1.54) is 17.4 Å². The Kier molecular flexibility index (Phi) is 3.97. The second kappa shape index (κ2) is 6.19. The molecule has 0 amide bonds. The highest BCUT2D eigenvalue weighted by atomic mass is 32.2.